The molecule has 0 aromatic heterocycles. The van der Waals surface area contributed by atoms with Gasteiger partial charge in [0.1, 0.15) is 5.82 Å². The molecule has 0 atom stereocenters. The molecule has 0 aliphatic heterocycles. The van der Waals surface area contributed by atoms with Crippen LogP contribution in [0.2, 0.25) is 5.02 Å². The van der Waals surface area contributed by atoms with Gasteiger partial charge in [-0.05, 0) is 25.0 Å². The third-order valence-corrected chi connectivity index (χ3v) is 3.34. The number of carbonyl (C=O) groups is 1. The quantitative estimate of drug-likeness (QED) is 0.721. The maximum atomic E-state index is 13.8. The van der Waals surface area contributed by atoms with Crippen LogP contribution in [0.15, 0.2) is 18.2 Å². The lowest BCUT2D eigenvalue weighted by Crippen LogP contribution is -2.33. The second-order valence-corrected chi connectivity index (χ2v) is 5.00. The molecule has 2 nitrogen and oxygen atoms in total. The summed E-state index contributed by atoms with van der Waals surface area (Å²) >= 11 is 5.95. The van der Waals surface area contributed by atoms with Crippen LogP contribution < -0.4 is 0 Å². The van der Waals surface area contributed by atoms with Gasteiger partial charge in [-0.3, -0.25) is 4.79 Å². The number of unbranched alkanes of at least 4 members (excludes halogenated alkanes) is 2. The average Bonchev–Trinajstić information content (AvgIpc) is 2.38. The first kappa shape index (κ1) is 16.0. The van der Waals surface area contributed by atoms with Crippen molar-refractivity contribution in [1.29, 1.82) is 0 Å². The molecule has 0 spiro atoms. The van der Waals surface area contributed by atoms with Gasteiger partial charge in [0, 0.05) is 13.1 Å². The van der Waals surface area contributed by atoms with Crippen LogP contribution in [0, 0.1) is 5.82 Å². The van der Waals surface area contributed by atoms with Crippen LogP contribution in [0.4, 0.5) is 4.39 Å². The van der Waals surface area contributed by atoms with Crippen molar-refractivity contribution in [1.82, 2.24) is 4.90 Å². The van der Waals surface area contributed by atoms with Gasteiger partial charge in [0.15, 0.2) is 0 Å². The van der Waals surface area contributed by atoms with E-state index in [0.29, 0.717) is 13.1 Å². The van der Waals surface area contributed by atoms with Crippen LogP contribution >= 0.6 is 11.6 Å². The summed E-state index contributed by atoms with van der Waals surface area (Å²) in [6, 6.07) is 4.34. The Hall–Kier alpha value is -1.09. The molecule has 0 fully saturated rings. The predicted molar refractivity (Wildman–Crippen MR) is 77.1 cm³/mol. The van der Waals surface area contributed by atoms with E-state index >= 15 is 0 Å². The Morgan fingerprint density at radius 3 is 2.26 bits per heavy atom. The number of nitrogens with zero attached hydrogens (tertiary/aromatic N) is 1. The van der Waals surface area contributed by atoms with Gasteiger partial charge in [-0.1, -0.05) is 44.4 Å². The van der Waals surface area contributed by atoms with Crippen molar-refractivity contribution in [2.24, 2.45) is 0 Å². The Balaban J connectivity index is 2.91. The van der Waals surface area contributed by atoms with Gasteiger partial charge < -0.3 is 4.90 Å². The largest absolute Gasteiger partial charge is 0.339 e. The SMILES string of the molecule is CCCCN(CCCC)C(=O)c1c(F)cccc1Cl. The third kappa shape index (κ3) is 4.50. The lowest BCUT2D eigenvalue weighted by Gasteiger charge is -2.23. The molecule has 1 amide bonds. The second kappa shape index (κ2) is 8.16. The Labute approximate surface area is 119 Å². The molecule has 4 heteroatoms. The minimum atomic E-state index is -0.546. The Morgan fingerprint density at radius 2 is 1.79 bits per heavy atom. The van der Waals surface area contributed by atoms with Crippen molar-refractivity contribution in [3.05, 3.63) is 34.6 Å². The van der Waals surface area contributed by atoms with E-state index in [-0.39, 0.29) is 16.5 Å². The molecule has 0 heterocycles. The van der Waals surface area contributed by atoms with E-state index in [1.807, 2.05) is 0 Å². The van der Waals surface area contributed by atoms with Gasteiger partial charge in [-0.2, -0.15) is 0 Å². The molecule has 1 aromatic rings. The first-order valence-corrected chi connectivity index (χ1v) is 7.22. The van der Waals surface area contributed by atoms with Gasteiger partial charge in [0.2, 0.25) is 0 Å². The van der Waals surface area contributed by atoms with Gasteiger partial charge in [-0.15, -0.1) is 0 Å². The zero-order valence-corrected chi connectivity index (χ0v) is 12.3. The number of benzene rings is 1. The van der Waals surface area contributed by atoms with Crippen molar-refractivity contribution in [3.8, 4) is 0 Å². The van der Waals surface area contributed by atoms with E-state index < -0.39 is 5.82 Å². The molecule has 0 bridgehead atoms. The molecule has 0 saturated heterocycles. The van der Waals surface area contributed by atoms with E-state index in [0.717, 1.165) is 25.7 Å². The maximum absolute atomic E-state index is 13.8. The van der Waals surface area contributed by atoms with Crippen LogP contribution in [0.5, 0.6) is 0 Å². The summed E-state index contributed by atoms with van der Waals surface area (Å²) in [6.07, 6.45) is 3.84. The summed E-state index contributed by atoms with van der Waals surface area (Å²) in [5.74, 6) is -0.847. The average molecular weight is 286 g/mol. The molecule has 0 unspecified atom stereocenters. The second-order valence-electron chi connectivity index (χ2n) is 4.60. The summed E-state index contributed by atoms with van der Waals surface area (Å²) < 4.78 is 13.8. The minimum Gasteiger partial charge on any atom is -0.339 e. The molecule has 106 valence electrons. The van der Waals surface area contributed by atoms with E-state index in [1.54, 1.807) is 11.0 Å². The lowest BCUT2D eigenvalue weighted by molar-refractivity contribution is 0.0746. The van der Waals surface area contributed by atoms with Crippen LogP contribution in [0.25, 0.3) is 0 Å². The zero-order valence-electron chi connectivity index (χ0n) is 11.6. The molecule has 0 saturated carbocycles. The number of hydrogen-bond donors (Lipinski definition) is 0. The number of hydrogen-bond acceptors (Lipinski definition) is 1. The first-order chi connectivity index (χ1) is 9.11. The highest BCUT2D eigenvalue weighted by atomic mass is 35.5. The normalized spacial score (nSPS) is 10.5. The first-order valence-electron chi connectivity index (χ1n) is 6.85. The zero-order chi connectivity index (χ0) is 14.3. The summed E-state index contributed by atoms with van der Waals surface area (Å²) in [6.45, 7) is 5.44. The van der Waals surface area contributed by atoms with Crippen LogP contribution in [0.1, 0.15) is 49.9 Å². The summed E-state index contributed by atoms with van der Waals surface area (Å²) in [4.78, 5) is 14.1. The Morgan fingerprint density at radius 1 is 1.21 bits per heavy atom. The van der Waals surface area contributed by atoms with Crippen molar-refractivity contribution < 1.29 is 9.18 Å². The van der Waals surface area contributed by atoms with Crippen molar-refractivity contribution >= 4 is 17.5 Å². The van der Waals surface area contributed by atoms with Gasteiger partial charge in [0.25, 0.3) is 5.91 Å². The highest BCUT2D eigenvalue weighted by Gasteiger charge is 2.21. The van der Waals surface area contributed by atoms with Gasteiger partial charge in [-0.25, -0.2) is 4.39 Å². The van der Waals surface area contributed by atoms with Crippen LogP contribution in [0.3, 0.4) is 0 Å². The molecular formula is C15H21ClFNO. The summed E-state index contributed by atoms with van der Waals surface area (Å²) in [5, 5.41) is 0.183. The number of carbonyl (C=O) groups excluding carboxylic acids is 1. The van der Waals surface area contributed by atoms with Gasteiger partial charge in [0.05, 0.1) is 10.6 Å². The number of amides is 1. The fourth-order valence-electron chi connectivity index (χ4n) is 1.87. The maximum Gasteiger partial charge on any atom is 0.258 e. The van der Waals surface area contributed by atoms with E-state index in [1.165, 1.54) is 12.1 Å². The molecule has 0 N–H and O–H groups in total. The number of rotatable bonds is 7. The number of halogens is 2. The molecule has 0 aliphatic carbocycles. The Kier molecular flexibility index (Phi) is 6.85. The van der Waals surface area contributed by atoms with E-state index in [9.17, 15) is 9.18 Å². The fraction of sp³-hybridized carbons (Fsp3) is 0.533. The monoisotopic (exact) mass is 285 g/mol. The summed E-state index contributed by atoms with van der Waals surface area (Å²) in [7, 11) is 0. The van der Waals surface area contributed by atoms with Crippen molar-refractivity contribution in [3.63, 3.8) is 0 Å². The van der Waals surface area contributed by atoms with Crippen molar-refractivity contribution in [2.75, 3.05) is 13.1 Å². The lowest BCUT2D eigenvalue weighted by atomic mass is 10.1. The van der Waals surface area contributed by atoms with E-state index in [4.69, 9.17) is 11.6 Å². The molecule has 0 aliphatic rings. The van der Waals surface area contributed by atoms with Crippen LogP contribution in [-0.4, -0.2) is 23.9 Å². The summed E-state index contributed by atoms with van der Waals surface area (Å²) in [5.41, 5.74) is -0.00336. The minimum absolute atomic E-state index is 0.00336. The standard InChI is InChI=1S/C15H21ClFNO/c1-3-5-10-18(11-6-4-2)15(19)14-12(16)8-7-9-13(14)17/h7-9H,3-6,10-11H2,1-2H3. The van der Waals surface area contributed by atoms with Crippen LogP contribution in [-0.2, 0) is 0 Å². The third-order valence-electron chi connectivity index (χ3n) is 3.03. The molecule has 1 rings (SSSR count). The molecule has 19 heavy (non-hydrogen) atoms. The molecular weight excluding hydrogens is 265 g/mol. The highest BCUT2D eigenvalue weighted by Crippen LogP contribution is 2.21. The molecule has 0 radical (unpaired) electrons. The Bertz CT molecular complexity index is 394. The van der Waals surface area contributed by atoms with Crippen molar-refractivity contribution in [2.45, 2.75) is 39.5 Å². The van der Waals surface area contributed by atoms with E-state index in [2.05, 4.69) is 13.8 Å². The fourth-order valence-corrected chi connectivity index (χ4v) is 2.12. The van der Waals surface area contributed by atoms with Gasteiger partial charge >= 0.3 is 0 Å². The highest BCUT2D eigenvalue weighted by molar-refractivity contribution is 6.33. The predicted octanol–water partition coefficient (Wildman–Crippen LogP) is 4.52. The smallest absolute Gasteiger partial charge is 0.258 e. The topological polar surface area (TPSA) is 20.3 Å². The molecule has 1 aromatic carbocycles.